The molecular weight excluding hydrogens is 460 g/mol. The van der Waals surface area contributed by atoms with Crippen LogP contribution in [0.15, 0.2) is 41.3 Å². The highest BCUT2D eigenvalue weighted by Gasteiger charge is 2.37. The lowest BCUT2D eigenvalue weighted by molar-refractivity contribution is -0.143. The van der Waals surface area contributed by atoms with E-state index in [0.717, 1.165) is 23.1 Å². The van der Waals surface area contributed by atoms with Gasteiger partial charge in [0.2, 0.25) is 0 Å². The first kappa shape index (κ1) is 24.2. The number of nitrogens with zero attached hydrogens (tertiary/aromatic N) is 1. The molecule has 1 N–H and O–H groups in total. The van der Waals surface area contributed by atoms with Gasteiger partial charge in [-0.1, -0.05) is 12.1 Å². The van der Waals surface area contributed by atoms with Gasteiger partial charge in [-0.15, -0.1) is 0 Å². The predicted molar refractivity (Wildman–Crippen MR) is 105 cm³/mol. The van der Waals surface area contributed by atoms with E-state index in [9.17, 15) is 31.1 Å². The minimum Gasteiger partial charge on any atom is -0.482 e. The van der Waals surface area contributed by atoms with Gasteiger partial charge >= 0.3 is 18.3 Å². The van der Waals surface area contributed by atoms with E-state index in [0.29, 0.717) is 37.1 Å². The maximum Gasteiger partial charge on any atom is 0.416 e. The average Bonchev–Trinajstić information content (AvgIpc) is 2.70. The van der Waals surface area contributed by atoms with E-state index in [2.05, 4.69) is 0 Å². The van der Waals surface area contributed by atoms with Crippen LogP contribution in [0.25, 0.3) is 0 Å². The molecule has 2 aromatic carbocycles. The van der Waals surface area contributed by atoms with Crippen molar-refractivity contribution in [2.75, 3.05) is 13.7 Å². The maximum absolute atomic E-state index is 13.2. The van der Waals surface area contributed by atoms with Crippen molar-refractivity contribution in [2.45, 2.75) is 42.6 Å². The van der Waals surface area contributed by atoms with Crippen LogP contribution in [0.1, 0.15) is 41.1 Å². The van der Waals surface area contributed by atoms with Crippen LogP contribution < -0.4 is 4.74 Å². The van der Waals surface area contributed by atoms with Gasteiger partial charge in [-0.3, -0.25) is 0 Å². The second kappa shape index (κ2) is 9.22. The minimum atomic E-state index is -4.91. The number of carbonyl (C=O) groups is 1. The fourth-order valence-corrected chi connectivity index (χ4v) is 4.69. The van der Waals surface area contributed by atoms with Crippen molar-refractivity contribution in [3.8, 4) is 5.75 Å². The molecule has 1 aliphatic carbocycles. The van der Waals surface area contributed by atoms with Gasteiger partial charge in [-0.2, -0.15) is 26.3 Å². The third-order valence-corrected chi connectivity index (χ3v) is 6.02. The summed E-state index contributed by atoms with van der Waals surface area (Å²) in [7, 11) is 1.60. The van der Waals surface area contributed by atoms with Gasteiger partial charge in [0, 0.05) is 10.9 Å². The summed E-state index contributed by atoms with van der Waals surface area (Å²) in [6.07, 6.45) is -7.87. The lowest BCUT2D eigenvalue weighted by Gasteiger charge is -2.33. The Morgan fingerprint density at radius 3 is 2.31 bits per heavy atom. The number of carboxylic acid groups (broad SMARTS) is 1. The molecule has 0 bridgehead atoms. The van der Waals surface area contributed by atoms with Crippen molar-refractivity contribution in [3.05, 3.63) is 58.7 Å². The average molecular weight is 479 g/mol. The molecule has 0 saturated carbocycles. The van der Waals surface area contributed by atoms with Crippen LogP contribution in [0.4, 0.5) is 26.3 Å². The minimum absolute atomic E-state index is 0.103. The molecule has 0 amide bonds. The largest absolute Gasteiger partial charge is 0.482 e. The molecule has 0 aliphatic heterocycles. The molecule has 174 valence electrons. The topological polar surface area (TPSA) is 49.8 Å². The van der Waals surface area contributed by atoms with Gasteiger partial charge < -0.3 is 9.84 Å². The molecule has 0 spiro atoms. The van der Waals surface area contributed by atoms with E-state index in [1.54, 1.807) is 29.6 Å². The molecule has 3 rings (SSSR count). The van der Waals surface area contributed by atoms with Crippen molar-refractivity contribution < 1.29 is 41.0 Å². The van der Waals surface area contributed by atoms with Gasteiger partial charge in [0.15, 0.2) is 6.61 Å². The maximum atomic E-state index is 13.2. The van der Waals surface area contributed by atoms with Crippen molar-refractivity contribution in [3.63, 3.8) is 0 Å². The standard InChI is InChI=1S/C21H19F6NO3S/c1-28(32-14-9-12(20(22,23)24)8-13(10-14)21(25,26)27)17-6-2-5-16-15(17)4-3-7-18(16)31-11-19(29)30/h3-4,7-10,17H,2,5-6,11H2,1H3,(H,29,30)/t17-/m1/s1. The first-order valence-electron chi connectivity index (χ1n) is 9.53. The molecule has 0 saturated heterocycles. The summed E-state index contributed by atoms with van der Waals surface area (Å²) in [6, 6.07) is 6.32. The second-order valence-corrected chi connectivity index (χ2v) is 8.52. The van der Waals surface area contributed by atoms with Crippen molar-refractivity contribution >= 4 is 17.9 Å². The van der Waals surface area contributed by atoms with Crippen molar-refractivity contribution in [1.29, 1.82) is 0 Å². The van der Waals surface area contributed by atoms with Gasteiger partial charge in [-0.05, 0) is 73.7 Å². The Balaban J connectivity index is 1.90. The number of aliphatic carboxylic acids is 1. The number of hydrogen-bond acceptors (Lipinski definition) is 4. The highest BCUT2D eigenvalue weighted by molar-refractivity contribution is 7.97. The van der Waals surface area contributed by atoms with Crippen LogP contribution in [0, 0.1) is 0 Å². The first-order valence-corrected chi connectivity index (χ1v) is 10.3. The Morgan fingerprint density at radius 1 is 1.12 bits per heavy atom. The molecule has 2 aromatic rings. The van der Waals surface area contributed by atoms with Crippen molar-refractivity contribution in [2.24, 2.45) is 0 Å². The van der Waals surface area contributed by atoms with Gasteiger partial charge in [0.05, 0.1) is 11.1 Å². The second-order valence-electron chi connectivity index (χ2n) is 7.29. The molecule has 1 aliphatic rings. The number of halogens is 6. The van der Waals surface area contributed by atoms with E-state index in [4.69, 9.17) is 9.84 Å². The third kappa shape index (κ3) is 5.69. The molecule has 0 unspecified atom stereocenters. The monoisotopic (exact) mass is 479 g/mol. The van der Waals surface area contributed by atoms with Gasteiger partial charge in [0.25, 0.3) is 0 Å². The van der Waals surface area contributed by atoms with E-state index in [-0.39, 0.29) is 17.0 Å². The number of carboxylic acids is 1. The van der Waals surface area contributed by atoms with Crippen LogP contribution in [-0.2, 0) is 23.6 Å². The van der Waals surface area contributed by atoms with E-state index in [1.165, 1.54) is 0 Å². The summed E-state index contributed by atoms with van der Waals surface area (Å²) in [6.45, 7) is -0.518. The SMILES string of the molecule is CN(Sc1cc(C(F)(F)F)cc(C(F)(F)F)c1)[C@@H]1CCCc2c(OCC(=O)O)cccc21. The fraction of sp³-hybridized carbons (Fsp3) is 0.381. The molecule has 0 aromatic heterocycles. The number of ether oxygens (including phenoxy) is 1. The van der Waals surface area contributed by atoms with Gasteiger partial charge in [0.1, 0.15) is 5.75 Å². The molecular formula is C21H19F6NO3S. The summed E-state index contributed by atoms with van der Waals surface area (Å²) in [5, 5.41) is 8.85. The smallest absolute Gasteiger partial charge is 0.416 e. The Labute approximate surface area is 184 Å². The Kier molecular flexibility index (Phi) is 6.99. The lowest BCUT2D eigenvalue weighted by Crippen LogP contribution is -2.23. The molecule has 4 nitrogen and oxygen atoms in total. The van der Waals surface area contributed by atoms with Crippen LogP contribution in [0.2, 0.25) is 0 Å². The predicted octanol–water partition coefficient (Wildman–Crippen LogP) is 6.20. The van der Waals surface area contributed by atoms with Crippen LogP contribution in [-0.4, -0.2) is 29.0 Å². The summed E-state index contributed by atoms with van der Waals surface area (Å²) < 4.78 is 85.9. The Hall–Kier alpha value is -2.40. The quantitative estimate of drug-likeness (QED) is 0.395. The number of rotatable bonds is 6. The Bertz CT molecular complexity index is 960. The molecule has 0 heterocycles. The summed E-state index contributed by atoms with van der Waals surface area (Å²) in [5.41, 5.74) is -1.14. The molecule has 0 radical (unpaired) electrons. The third-order valence-electron chi connectivity index (χ3n) is 5.03. The van der Waals surface area contributed by atoms with E-state index in [1.807, 2.05) is 0 Å². The number of fused-ring (bicyclic) bond motifs is 1. The zero-order chi connectivity index (χ0) is 23.7. The summed E-state index contributed by atoms with van der Waals surface area (Å²) >= 11 is 0.797. The Morgan fingerprint density at radius 2 is 1.75 bits per heavy atom. The number of hydrogen-bond donors (Lipinski definition) is 1. The van der Waals surface area contributed by atoms with Crippen LogP contribution in [0.3, 0.4) is 0 Å². The van der Waals surface area contributed by atoms with Crippen molar-refractivity contribution in [1.82, 2.24) is 4.31 Å². The van der Waals surface area contributed by atoms with E-state index >= 15 is 0 Å². The molecule has 1 atom stereocenters. The highest BCUT2D eigenvalue weighted by atomic mass is 32.2. The zero-order valence-corrected chi connectivity index (χ0v) is 17.6. The number of alkyl halides is 6. The van der Waals surface area contributed by atoms with Crippen LogP contribution >= 0.6 is 11.9 Å². The highest BCUT2D eigenvalue weighted by Crippen LogP contribution is 2.44. The van der Waals surface area contributed by atoms with Crippen LogP contribution in [0.5, 0.6) is 5.75 Å². The fourth-order valence-electron chi connectivity index (χ4n) is 3.65. The van der Waals surface area contributed by atoms with Gasteiger partial charge in [-0.25, -0.2) is 9.10 Å². The van der Waals surface area contributed by atoms with E-state index < -0.39 is 36.1 Å². The lowest BCUT2D eigenvalue weighted by atomic mass is 9.87. The summed E-state index contributed by atoms with van der Waals surface area (Å²) in [5.74, 6) is -0.723. The normalized spacial score (nSPS) is 16.7. The molecule has 0 fully saturated rings. The number of benzene rings is 2. The summed E-state index contributed by atoms with van der Waals surface area (Å²) in [4.78, 5) is 10.6. The molecule has 32 heavy (non-hydrogen) atoms. The first-order chi connectivity index (χ1) is 14.9. The zero-order valence-electron chi connectivity index (χ0n) is 16.8. The molecule has 11 heteroatoms.